The van der Waals surface area contributed by atoms with Gasteiger partial charge in [-0.2, -0.15) is 0 Å². The van der Waals surface area contributed by atoms with Gasteiger partial charge in [0.05, 0.1) is 29.9 Å². The average molecular weight is 389 g/mol. The van der Waals surface area contributed by atoms with Crippen LogP contribution in [-0.4, -0.2) is 25.1 Å². The zero-order valence-corrected chi connectivity index (χ0v) is 16.1. The van der Waals surface area contributed by atoms with E-state index in [1.165, 1.54) is 14.2 Å². The highest BCUT2D eigenvalue weighted by atomic mass is 35.5. The molecule has 134 valence electrons. The van der Waals surface area contributed by atoms with Crippen molar-refractivity contribution in [3.8, 4) is 22.8 Å². The molecule has 1 N–H and O–H groups in total. The predicted octanol–water partition coefficient (Wildman–Crippen LogP) is 5.04. The molecule has 0 aliphatic rings. The molecular weight excluding hydrogens is 372 g/mol. The first-order chi connectivity index (χ1) is 12.5. The molecule has 0 unspecified atom stereocenters. The topological polar surface area (TPSA) is 60.5 Å². The molecule has 0 saturated carbocycles. The van der Waals surface area contributed by atoms with E-state index in [4.69, 9.17) is 21.1 Å². The van der Waals surface area contributed by atoms with Gasteiger partial charge < -0.3 is 14.8 Å². The third-order valence-electron chi connectivity index (χ3n) is 3.75. The van der Waals surface area contributed by atoms with Gasteiger partial charge in [0.2, 0.25) is 0 Å². The van der Waals surface area contributed by atoms with E-state index in [9.17, 15) is 4.79 Å². The highest BCUT2D eigenvalue weighted by Crippen LogP contribution is 2.36. The maximum atomic E-state index is 12.5. The number of ether oxygens (including phenoxy) is 2. The first-order valence-electron chi connectivity index (χ1n) is 7.77. The second kappa shape index (κ2) is 7.76. The van der Waals surface area contributed by atoms with Gasteiger partial charge in [0.15, 0.2) is 11.5 Å². The number of aromatic nitrogens is 1. The Morgan fingerprint density at radius 2 is 1.88 bits per heavy atom. The third-order valence-corrected chi connectivity index (χ3v) is 4.81. The third kappa shape index (κ3) is 3.81. The fraction of sp³-hybridized carbons (Fsp3) is 0.158. The monoisotopic (exact) mass is 388 g/mol. The Morgan fingerprint density at radius 1 is 1.15 bits per heavy atom. The first-order valence-corrected chi connectivity index (χ1v) is 9.03. The zero-order chi connectivity index (χ0) is 18.7. The minimum Gasteiger partial charge on any atom is -0.493 e. The number of hydrogen-bond donors (Lipinski definition) is 1. The van der Waals surface area contributed by atoms with E-state index >= 15 is 0 Å². The number of carbonyl (C=O) groups is 1. The summed E-state index contributed by atoms with van der Waals surface area (Å²) in [5.41, 5.74) is 2.99. The van der Waals surface area contributed by atoms with Crippen molar-refractivity contribution in [3.63, 3.8) is 0 Å². The number of hydrogen-bond acceptors (Lipinski definition) is 5. The molecule has 5 nitrogen and oxygen atoms in total. The van der Waals surface area contributed by atoms with E-state index in [0.29, 0.717) is 27.8 Å². The Hall–Kier alpha value is -2.57. The molecule has 0 spiro atoms. The van der Waals surface area contributed by atoms with Gasteiger partial charge >= 0.3 is 0 Å². The normalized spacial score (nSPS) is 10.5. The van der Waals surface area contributed by atoms with E-state index in [-0.39, 0.29) is 5.91 Å². The number of nitrogens with zero attached hydrogens (tertiary/aromatic N) is 1. The number of methoxy groups -OCH3 is 2. The number of amides is 1. The van der Waals surface area contributed by atoms with Crippen molar-refractivity contribution in [1.82, 2.24) is 4.98 Å². The number of aryl methyl sites for hydroxylation is 1. The summed E-state index contributed by atoms with van der Waals surface area (Å²) >= 11 is 7.76. The molecule has 26 heavy (non-hydrogen) atoms. The Kier molecular flexibility index (Phi) is 5.44. The summed E-state index contributed by atoms with van der Waals surface area (Å²) in [7, 11) is 2.99. The molecule has 0 atom stereocenters. The summed E-state index contributed by atoms with van der Waals surface area (Å²) in [5.74, 6) is 0.512. The van der Waals surface area contributed by atoms with Crippen LogP contribution < -0.4 is 14.8 Å². The van der Waals surface area contributed by atoms with Gasteiger partial charge in [0.25, 0.3) is 5.91 Å². The van der Waals surface area contributed by atoms with Gasteiger partial charge in [-0.1, -0.05) is 23.7 Å². The largest absolute Gasteiger partial charge is 0.493 e. The average Bonchev–Trinajstić information content (AvgIpc) is 3.08. The summed E-state index contributed by atoms with van der Waals surface area (Å²) in [4.78, 5) is 17.0. The van der Waals surface area contributed by atoms with Crippen LogP contribution in [0.2, 0.25) is 5.02 Å². The summed E-state index contributed by atoms with van der Waals surface area (Å²) in [6.45, 7) is 1.97. The number of halogens is 1. The molecule has 0 aliphatic carbocycles. The minimum absolute atomic E-state index is 0.287. The van der Waals surface area contributed by atoms with Crippen molar-refractivity contribution < 1.29 is 14.3 Å². The van der Waals surface area contributed by atoms with Crippen LogP contribution >= 0.6 is 22.9 Å². The van der Waals surface area contributed by atoms with Crippen molar-refractivity contribution in [2.75, 3.05) is 19.5 Å². The lowest BCUT2D eigenvalue weighted by atomic mass is 10.1. The molecule has 1 amide bonds. The van der Waals surface area contributed by atoms with Crippen molar-refractivity contribution in [3.05, 3.63) is 57.4 Å². The fourth-order valence-corrected chi connectivity index (χ4v) is 3.38. The molecule has 0 bridgehead atoms. The molecule has 1 heterocycles. The highest BCUT2D eigenvalue weighted by molar-refractivity contribution is 7.09. The summed E-state index contributed by atoms with van der Waals surface area (Å²) in [6.07, 6.45) is 0. The van der Waals surface area contributed by atoms with E-state index in [1.807, 2.05) is 36.6 Å². The number of benzene rings is 2. The Bertz CT molecular complexity index is 938. The molecule has 0 aliphatic heterocycles. The lowest BCUT2D eigenvalue weighted by molar-refractivity contribution is 0.102. The number of thiazole rings is 1. The zero-order valence-electron chi connectivity index (χ0n) is 14.5. The second-order valence-electron chi connectivity index (χ2n) is 5.48. The van der Waals surface area contributed by atoms with Crippen LogP contribution in [0.5, 0.6) is 11.5 Å². The Labute approximate surface area is 160 Å². The van der Waals surface area contributed by atoms with E-state index in [1.54, 1.807) is 23.5 Å². The quantitative estimate of drug-likeness (QED) is 0.665. The van der Waals surface area contributed by atoms with Crippen molar-refractivity contribution >= 4 is 34.5 Å². The molecule has 3 rings (SSSR count). The Balaban J connectivity index is 1.79. The van der Waals surface area contributed by atoms with E-state index in [0.717, 1.165) is 16.3 Å². The van der Waals surface area contributed by atoms with Gasteiger partial charge in [-0.25, -0.2) is 4.98 Å². The maximum Gasteiger partial charge on any atom is 0.255 e. The summed E-state index contributed by atoms with van der Waals surface area (Å²) in [5, 5.41) is 6.18. The predicted molar refractivity (Wildman–Crippen MR) is 105 cm³/mol. The van der Waals surface area contributed by atoms with Gasteiger partial charge in [-0.3, -0.25) is 4.79 Å². The minimum atomic E-state index is -0.287. The molecular formula is C19H17ClN2O3S. The molecule has 7 heteroatoms. The Morgan fingerprint density at radius 3 is 2.46 bits per heavy atom. The molecule has 1 aromatic heterocycles. The van der Waals surface area contributed by atoms with Crippen molar-refractivity contribution in [1.29, 1.82) is 0 Å². The standard InChI is InChI=1S/C19H17ClN2O3S/c1-11-21-16(10-26-11)12-4-6-14(7-5-12)22-19(23)13-8-15(20)18(25-3)17(9-13)24-2/h4-10H,1-3H3,(H,22,23). The van der Waals surface area contributed by atoms with E-state index < -0.39 is 0 Å². The van der Waals surface area contributed by atoms with Gasteiger partial charge in [0.1, 0.15) is 0 Å². The first kappa shape index (κ1) is 18.2. The van der Waals surface area contributed by atoms with Crippen molar-refractivity contribution in [2.45, 2.75) is 6.92 Å². The van der Waals surface area contributed by atoms with Crippen LogP contribution in [0.1, 0.15) is 15.4 Å². The number of rotatable bonds is 5. The highest BCUT2D eigenvalue weighted by Gasteiger charge is 2.15. The number of anilines is 1. The van der Waals surface area contributed by atoms with Crippen molar-refractivity contribution in [2.24, 2.45) is 0 Å². The number of carbonyl (C=O) groups excluding carboxylic acids is 1. The lowest BCUT2D eigenvalue weighted by Crippen LogP contribution is -2.12. The van der Waals surface area contributed by atoms with Crippen LogP contribution in [-0.2, 0) is 0 Å². The maximum absolute atomic E-state index is 12.5. The van der Waals surface area contributed by atoms with Crippen LogP contribution in [0.15, 0.2) is 41.8 Å². The second-order valence-corrected chi connectivity index (χ2v) is 6.95. The smallest absolute Gasteiger partial charge is 0.255 e. The molecule has 0 fully saturated rings. The molecule has 2 aromatic carbocycles. The summed E-state index contributed by atoms with van der Waals surface area (Å²) < 4.78 is 10.4. The number of nitrogens with one attached hydrogen (secondary N) is 1. The fourth-order valence-electron chi connectivity index (χ4n) is 2.47. The van der Waals surface area contributed by atoms with Crippen LogP contribution in [0.25, 0.3) is 11.3 Å². The van der Waals surface area contributed by atoms with Gasteiger partial charge in [0, 0.05) is 22.2 Å². The SMILES string of the molecule is COc1cc(C(=O)Nc2ccc(-c3csc(C)n3)cc2)cc(Cl)c1OC. The van der Waals surface area contributed by atoms with Gasteiger partial charge in [-0.15, -0.1) is 11.3 Å². The van der Waals surface area contributed by atoms with Crippen LogP contribution in [0, 0.1) is 6.92 Å². The summed E-state index contributed by atoms with van der Waals surface area (Å²) in [6, 6.07) is 10.7. The molecule has 0 saturated heterocycles. The molecule has 0 radical (unpaired) electrons. The van der Waals surface area contributed by atoms with Gasteiger partial charge in [-0.05, 0) is 31.2 Å². The molecule has 3 aromatic rings. The van der Waals surface area contributed by atoms with Crippen LogP contribution in [0.4, 0.5) is 5.69 Å². The lowest BCUT2D eigenvalue weighted by Gasteiger charge is -2.12. The van der Waals surface area contributed by atoms with E-state index in [2.05, 4.69) is 10.3 Å². The van der Waals surface area contributed by atoms with Crippen LogP contribution in [0.3, 0.4) is 0 Å².